The molecule has 2 aromatic heterocycles. The molecule has 3 heterocycles. The molecule has 1 N–H and O–H groups in total. The number of amides is 1. The van der Waals surface area contributed by atoms with E-state index >= 15 is 0 Å². The van der Waals surface area contributed by atoms with E-state index in [0.717, 1.165) is 17.0 Å². The molecule has 0 saturated heterocycles. The van der Waals surface area contributed by atoms with Gasteiger partial charge in [0.2, 0.25) is 6.10 Å². The van der Waals surface area contributed by atoms with Crippen molar-refractivity contribution < 1.29 is 14.0 Å². The summed E-state index contributed by atoms with van der Waals surface area (Å²) in [7, 11) is 1.84. The predicted molar refractivity (Wildman–Crippen MR) is 105 cm³/mol. The van der Waals surface area contributed by atoms with E-state index in [-0.39, 0.29) is 17.0 Å². The molecule has 0 bridgehead atoms. The Balaban J connectivity index is 1.44. The van der Waals surface area contributed by atoms with Crippen LogP contribution in [0.4, 0.5) is 9.52 Å². The molecule has 1 aromatic carbocycles. The fraction of sp³-hybridized carbons (Fsp3) is 0.222. The first kappa shape index (κ1) is 18.6. The molecule has 4 rings (SSSR count). The van der Waals surface area contributed by atoms with Crippen molar-refractivity contribution in [1.82, 2.24) is 14.8 Å². The topological polar surface area (TPSA) is 81.4 Å². The lowest BCUT2D eigenvalue weighted by Gasteiger charge is -2.07. The van der Waals surface area contributed by atoms with Crippen molar-refractivity contribution in [2.75, 3.05) is 5.32 Å². The van der Waals surface area contributed by atoms with E-state index in [1.54, 1.807) is 10.7 Å². The first-order chi connectivity index (χ1) is 13.4. The molecule has 1 amide bonds. The molecule has 3 aromatic rings. The lowest BCUT2D eigenvalue weighted by atomic mass is 10.0. The third-order valence-electron chi connectivity index (χ3n) is 4.24. The number of hydrogen-bond acceptors (Lipinski definition) is 6. The highest BCUT2D eigenvalue weighted by molar-refractivity contribution is 7.14. The smallest absolute Gasteiger partial charge is 0.270 e. The molecule has 7 nitrogen and oxygen atoms in total. The van der Waals surface area contributed by atoms with Gasteiger partial charge in [-0.2, -0.15) is 5.10 Å². The number of hydrogen-bond donors (Lipinski definition) is 1. The molecular weight excluding hydrogens is 405 g/mol. The van der Waals surface area contributed by atoms with E-state index in [2.05, 4.69) is 20.6 Å². The Kier molecular flexibility index (Phi) is 4.86. The van der Waals surface area contributed by atoms with Crippen molar-refractivity contribution in [1.29, 1.82) is 0 Å². The molecule has 0 fully saturated rings. The van der Waals surface area contributed by atoms with E-state index < -0.39 is 17.8 Å². The van der Waals surface area contributed by atoms with Crippen LogP contribution in [0.25, 0.3) is 11.3 Å². The summed E-state index contributed by atoms with van der Waals surface area (Å²) in [5.41, 5.74) is 2.94. The zero-order valence-corrected chi connectivity index (χ0v) is 16.5. The molecule has 1 aliphatic rings. The molecule has 1 atom stereocenters. The second-order valence-corrected chi connectivity index (χ2v) is 7.53. The Morgan fingerprint density at radius 1 is 1.46 bits per heavy atom. The van der Waals surface area contributed by atoms with Gasteiger partial charge in [0.05, 0.1) is 27.7 Å². The van der Waals surface area contributed by atoms with Crippen molar-refractivity contribution >= 4 is 39.7 Å². The van der Waals surface area contributed by atoms with Crippen LogP contribution in [0.15, 0.2) is 34.9 Å². The van der Waals surface area contributed by atoms with Gasteiger partial charge in [-0.15, -0.1) is 11.3 Å². The number of nitrogens with zero attached hydrogens (tertiary/aromatic N) is 4. The van der Waals surface area contributed by atoms with Gasteiger partial charge in [0.15, 0.2) is 5.13 Å². The fourth-order valence-electron chi connectivity index (χ4n) is 2.93. The summed E-state index contributed by atoms with van der Waals surface area (Å²) in [5, 5.41) is 13.3. The number of thiazole rings is 1. The van der Waals surface area contributed by atoms with Gasteiger partial charge in [0.1, 0.15) is 5.82 Å². The van der Waals surface area contributed by atoms with Crippen LogP contribution in [0.5, 0.6) is 0 Å². The second kappa shape index (κ2) is 7.33. The van der Waals surface area contributed by atoms with Gasteiger partial charge < -0.3 is 4.84 Å². The SMILES string of the molecule is Cc1nn(C)cc1-c1csc(NC(=O)[C@H]2CC(c3c(F)cccc3Cl)=NO2)n1. The number of aryl methyl sites for hydroxylation is 2. The van der Waals surface area contributed by atoms with Gasteiger partial charge in [-0.05, 0) is 19.1 Å². The van der Waals surface area contributed by atoms with Crippen LogP contribution in [0.2, 0.25) is 5.02 Å². The normalized spacial score (nSPS) is 16.0. The fourth-order valence-corrected chi connectivity index (χ4v) is 3.92. The summed E-state index contributed by atoms with van der Waals surface area (Å²) >= 11 is 7.35. The Morgan fingerprint density at radius 3 is 3.00 bits per heavy atom. The molecule has 0 unspecified atom stereocenters. The first-order valence-corrected chi connectivity index (χ1v) is 9.62. The molecule has 0 aliphatic carbocycles. The maximum absolute atomic E-state index is 14.0. The van der Waals surface area contributed by atoms with Crippen LogP contribution in [0, 0.1) is 12.7 Å². The van der Waals surface area contributed by atoms with E-state index in [1.165, 1.54) is 23.5 Å². The van der Waals surface area contributed by atoms with E-state index in [4.69, 9.17) is 16.4 Å². The number of halogens is 2. The van der Waals surface area contributed by atoms with Crippen molar-refractivity contribution in [3.63, 3.8) is 0 Å². The Bertz CT molecular complexity index is 1070. The van der Waals surface area contributed by atoms with Crippen LogP contribution in [-0.4, -0.2) is 32.5 Å². The number of benzene rings is 1. The molecule has 28 heavy (non-hydrogen) atoms. The highest BCUT2D eigenvalue weighted by atomic mass is 35.5. The Hall–Kier alpha value is -2.78. The highest BCUT2D eigenvalue weighted by Gasteiger charge is 2.31. The van der Waals surface area contributed by atoms with Gasteiger partial charge in [0.25, 0.3) is 5.91 Å². The summed E-state index contributed by atoms with van der Waals surface area (Å²) in [4.78, 5) is 22.1. The number of oxime groups is 1. The number of anilines is 1. The van der Waals surface area contributed by atoms with Crippen LogP contribution >= 0.6 is 22.9 Å². The minimum absolute atomic E-state index is 0.117. The maximum atomic E-state index is 14.0. The molecule has 0 radical (unpaired) electrons. The molecule has 0 saturated carbocycles. The number of carbonyl (C=O) groups is 1. The standard InChI is InChI=1S/C18H15ClFN5O2S/c1-9-10(7-25(2)23-9)14-8-28-18(21-14)22-17(26)15-6-13(24-27-15)16-11(19)4-3-5-12(16)20/h3-5,7-8,15H,6H2,1-2H3,(H,21,22,26)/t15-/m1/s1. The zero-order chi connectivity index (χ0) is 19.8. The molecule has 0 spiro atoms. The number of carbonyl (C=O) groups excluding carboxylic acids is 1. The van der Waals surface area contributed by atoms with E-state index in [0.29, 0.717) is 10.8 Å². The van der Waals surface area contributed by atoms with Gasteiger partial charge in [-0.3, -0.25) is 14.8 Å². The third kappa shape index (κ3) is 3.50. The summed E-state index contributed by atoms with van der Waals surface area (Å²) in [6.07, 6.45) is 1.11. The Morgan fingerprint density at radius 2 is 2.29 bits per heavy atom. The van der Waals surface area contributed by atoms with Crippen molar-refractivity contribution in [2.24, 2.45) is 12.2 Å². The minimum atomic E-state index is -0.877. The van der Waals surface area contributed by atoms with Crippen molar-refractivity contribution in [3.05, 3.63) is 51.9 Å². The minimum Gasteiger partial charge on any atom is -0.382 e. The quantitative estimate of drug-likeness (QED) is 0.697. The first-order valence-electron chi connectivity index (χ1n) is 8.36. The van der Waals surface area contributed by atoms with Crippen LogP contribution < -0.4 is 5.32 Å². The number of aromatic nitrogens is 3. The maximum Gasteiger partial charge on any atom is 0.270 e. The van der Waals surface area contributed by atoms with Crippen LogP contribution in [0.3, 0.4) is 0 Å². The summed E-state index contributed by atoms with van der Waals surface area (Å²) in [5.74, 6) is -0.915. The van der Waals surface area contributed by atoms with Crippen molar-refractivity contribution in [2.45, 2.75) is 19.4 Å². The van der Waals surface area contributed by atoms with Crippen LogP contribution in [-0.2, 0) is 16.7 Å². The molecule has 1 aliphatic heterocycles. The lowest BCUT2D eigenvalue weighted by molar-refractivity contribution is -0.125. The average molecular weight is 420 g/mol. The van der Waals surface area contributed by atoms with Gasteiger partial charge in [-0.1, -0.05) is 22.8 Å². The molecule has 144 valence electrons. The average Bonchev–Trinajstić information content (AvgIpc) is 3.35. The number of rotatable bonds is 4. The van der Waals surface area contributed by atoms with Gasteiger partial charge in [0, 0.05) is 30.6 Å². The Labute approximate surface area is 168 Å². The second-order valence-electron chi connectivity index (χ2n) is 6.26. The monoisotopic (exact) mass is 419 g/mol. The highest BCUT2D eigenvalue weighted by Crippen LogP contribution is 2.28. The molecule has 10 heteroatoms. The number of nitrogens with one attached hydrogen (secondary N) is 1. The predicted octanol–water partition coefficient (Wildman–Crippen LogP) is 3.78. The van der Waals surface area contributed by atoms with Crippen molar-refractivity contribution in [3.8, 4) is 11.3 Å². The van der Waals surface area contributed by atoms with E-state index in [1.807, 2.05) is 25.5 Å². The zero-order valence-electron chi connectivity index (χ0n) is 14.9. The van der Waals surface area contributed by atoms with Crippen LogP contribution in [0.1, 0.15) is 17.7 Å². The third-order valence-corrected chi connectivity index (χ3v) is 5.31. The van der Waals surface area contributed by atoms with Gasteiger partial charge in [-0.25, -0.2) is 9.37 Å². The van der Waals surface area contributed by atoms with E-state index in [9.17, 15) is 9.18 Å². The van der Waals surface area contributed by atoms with Gasteiger partial charge >= 0.3 is 0 Å². The summed E-state index contributed by atoms with van der Waals surface area (Å²) in [6, 6.07) is 4.35. The molecular formula is C18H15ClFN5O2S. The lowest BCUT2D eigenvalue weighted by Crippen LogP contribution is -2.28. The summed E-state index contributed by atoms with van der Waals surface area (Å²) in [6.45, 7) is 1.89. The summed E-state index contributed by atoms with van der Waals surface area (Å²) < 4.78 is 15.7. The largest absolute Gasteiger partial charge is 0.382 e.